The lowest BCUT2D eigenvalue weighted by atomic mass is 10.2. The second-order valence-electron chi connectivity index (χ2n) is 4.68. The zero-order valence-corrected chi connectivity index (χ0v) is 11.8. The van der Waals surface area contributed by atoms with Gasteiger partial charge in [-0.2, -0.15) is 5.10 Å². The number of hydrogen-bond donors (Lipinski definition) is 1. The van der Waals surface area contributed by atoms with Crippen LogP contribution in [0.1, 0.15) is 5.56 Å². The van der Waals surface area contributed by atoms with Gasteiger partial charge in [-0.25, -0.2) is 4.39 Å². The second-order valence-corrected chi connectivity index (χ2v) is 4.68. The van der Waals surface area contributed by atoms with Crippen LogP contribution in [0, 0.1) is 5.82 Å². The number of nitrogens with one attached hydrogen (secondary N) is 1. The fraction of sp³-hybridized carbons (Fsp3) is 0. The van der Waals surface area contributed by atoms with Crippen LogP contribution in [0.15, 0.2) is 72.0 Å². The third kappa shape index (κ3) is 3.35. The van der Waals surface area contributed by atoms with Crippen molar-refractivity contribution in [2.24, 2.45) is 5.10 Å². The highest BCUT2D eigenvalue weighted by atomic mass is 19.1. The molecule has 0 bridgehead atoms. The molecule has 1 aromatic heterocycles. The summed E-state index contributed by atoms with van der Waals surface area (Å²) in [5, 5.41) is 4.97. The molecule has 3 rings (SSSR count). The minimum absolute atomic E-state index is 0.300. The van der Waals surface area contributed by atoms with E-state index in [-0.39, 0.29) is 5.82 Å². The molecule has 0 radical (unpaired) electrons. The number of allylic oxidation sites excluding steroid dienone is 1. The van der Waals surface area contributed by atoms with Crippen LogP contribution in [0.3, 0.4) is 0 Å². The first-order valence-corrected chi connectivity index (χ1v) is 6.88. The molecule has 0 saturated heterocycles. The number of anilines is 1. The second kappa shape index (κ2) is 6.63. The average molecular weight is 291 g/mol. The fourth-order valence-electron chi connectivity index (χ4n) is 2.09. The van der Waals surface area contributed by atoms with Crippen molar-refractivity contribution >= 4 is 28.9 Å². The summed E-state index contributed by atoms with van der Waals surface area (Å²) in [6, 6.07) is 16.3. The first-order chi connectivity index (χ1) is 10.8. The Labute approximate surface area is 127 Å². The molecule has 4 heteroatoms. The van der Waals surface area contributed by atoms with Gasteiger partial charge in [-0.15, -0.1) is 0 Å². The first kappa shape index (κ1) is 13.9. The number of aromatic nitrogens is 1. The molecule has 0 fully saturated rings. The summed E-state index contributed by atoms with van der Waals surface area (Å²) in [4.78, 5) is 4.14. The van der Waals surface area contributed by atoms with E-state index in [0.717, 1.165) is 16.6 Å². The van der Waals surface area contributed by atoms with E-state index >= 15 is 0 Å². The third-order valence-electron chi connectivity index (χ3n) is 3.14. The predicted molar refractivity (Wildman–Crippen MR) is 89.3 cm³/mol. The lowest BCUT2D eigenvalue weighted by molar-refractivity contribution is 0.629. The van der Waals surface area contributed by atoms with Crippen LogP contribution in [0.5, 0.6) is 0 Å². The van der Waals surface area contributed by atoms with E-state index in [1.165, 1.54) is 12.1 Å². The van der Waals surface area contributed by atoms with Gasteiger partial charge in [0, 0.05) is 23.9 Å². The van der Waals surface area contributed by atoms with Gasteiger partial charge >= 0.3 is 0 Å². The molecular formula is C18H14FN3. The minimum atomic E-state index is -0.300. The summed E-state index contributed by atoms with van der Waals surface area (Å²) in [7, 11) is 0. The Kier molecular flexibility index (Phi) is 4.20. The molecule has 0 amide bonds. The SMILES string of the molecule is Fc1ccc2c(N/N=C/C=C/c3ccccc3)ccnc2c1. The highest BCUT2D eigenvalue weighted by molar-refractivity contribution is 5.91. The van der Waals surface area contributed by atoms with Crippen LogP contribution in [0.4, 0.5) is 10.1 Å². The van der Waals surface area contributed by atoms with Crippen LogP contribution in [0.2, 0.25) is 0 Å². The molecule has 0 aliphatic carbocycles. The highest BCUT2D eigenvalue weighted by Crippen LogP contribution is 2.21. The van der Waals surface area contributed by atoms with Crippen molar-refractivity contribution in [3.05, 3.63) is 78.3 Å². The van der Waals surface area contributed by atoms with Gasteiger partial charge in [0.05, 0.1) is 11.2 Å². The topological polar surface area (TPSA) is 37.3 Å². The van der Waals surface area contributed by atoms with Crippen molar-refractivity contribution in [1.29, 1.82) is 0 Å². The van der Waals surface area contributed by atoms with Crippen LogP contribution in [-0.2, 0) is 0 Å². The van der Waals surface area contributed by atoms with Gasteiger partial charge in [-0.1, -0.05) is 36.4 Å². The number of pyridine rings is 1. The van der Waals surface area contributed by atoms with E-state index in [4.69, 9.17) is 0 Å². The zero-order valence-electron chi connectivity index (χ0n) is 11.8. The zero-order chi connectivity index (χ0) is 15.2. The molecule has 0 spiro atoms. The normalized spacial score (nSPS) is 11.5. The molecule has 2 aromatic carbocycles. The van der Waals surface area contributed by atoms with Gasteiger partial charge in [0.1, 0.15) is 5.82 Å². The van der Waals surface area contributed by atoms with E-state index in [2.05, 4.69) is 15.5 Å². The Morgan fingerprint density at radius 2 is 1.91 bits per heavy atom. The Bertz CT molecular complexity index is 826. The molecule has 1 N–H and O–H groups in total. The molecule has 0 atom stereocenters. The molecule has 0 aliphatic rings. The maximum Gasteiger partial charge on any atom is 0.125 e. The minimum Gasteiger partial charge on any atom is -0.278 e. The number of nitrogens with zero attached hydrogens (tertiary/aromatic N) is 2. The van der Waals surface area contributed by atoms with Crippen molar-refractivity contribution in [1.82, 2.24) is 4.98 Å². The number of hydrazone groups is 1. The number of hydrogen-bond acceptors (Lipinski definition) is 3. The van der Waals surface area contributed by atoms with Gasteiger partial charge in [-0.05, 0) is 29.8 Å². The van der Waals surface area contributed by atoms with Crippen molar-refractivity contribution in [2.75, 3.05) is 5.43 Å². The summed E-state index contributed by atoms with van der Waals surface area (Å²) in [6.45, 7) is 0. The Balaban J connectivity index is 1.71. The lowest BCUT2D eigenvalue weighted by Gasteiger charge is -2.04. The van der Waals surface area contributed by atoms with E-state index in [1.54, 1.807) is 24.5 Å². The summed E-state index contributed by atoms with van der Waals surface area (Å²) < 4.78 is 13.2. The standard InChI is InChI=1S/C18H14FN3/c19-15-8-9-16-17(10-12-20-18(16)13-15)22-21-11-4-7-14-5-2-1-3-6-14/h1-13H,(H,20,22)/b7-4+,21-11+. The van der Waals surface area contributed by atoms with Gasteiger partial charge in [-0.3, -0.25) is 10.4 Å². The summed E-state index contributed by atoms with van der Waals surface area (Å²) in [5.41, 5.74) is 5.44. The van der Waals surface area contributed by atoms with Crippen LogP contribution >= 0.6 is 0 Å². The maximum absolute atomic E-state index is 13.2. The van der Waals surface area contributed by atoms with Crippen LogP contribution in [-0.4, -0.2) is 11.2 Å². The maximum atomic E-state index is 13.2. The van der Waals surface area contributed by atoms with Crippen LogP contribution < -0.4 is 5.43 Å². The van der Waals surface area contributed by atoms with Crippen molar-refractivity contribution in [3.8, 4) is 0 Å². The molecule has 0 aliphatic heterocycles. The lowest BCUT2D eigenvalue weighted by Crippen LogP contribution is -1.91. The summed E-state index contributed by atoms with van der Waals surface area (Å²) in [6.07, 6.45) is 7.11. The first-order valence-electron chi connectivity index (χ1n) is 6.88. The largest absolute Gasteiger partial charge is 0.278 e. The highest BCUT2D eigenvalue weighted by Gasteiger charge is 2.01. The molecule has 3 nitrogen and oxygen atoms in total. The Morgan fingerprint density at radius 1 is 1.05 bits per heavy atom. The number of benzene rings is 2. The van der Waals surface area contributed by atoms with E-state index < -0.39 is 0 Å². The van der Waals surface area contributed by atoms with Crippen molar-refractivity contribution < 1.29 is 4.39 Å². The fourth-order valence-corrected chi connectivity index (χ4v) is 2.09. The average Bonchev–Trinajstić information content (AvgIpc) is 2.55. The smallest absolute Gasteiger partial charge is 0.125 e. The predicted octanol–water partition coefficient (Wildman–Crippen LogP) is 4.49. The van der Waals surface area contributed by atoms with Gasteiger partial charge in [0.15, 0.2) is 0 Å². The monoisotopic (exact) mass is 291 g/mol. The molecule has 22 heavy (non-hydrogen) atoms. The molecule has 1 heterocycles. The molecule has 3 aromatic rings. The number of fused-ring (bicyclic) bond motifs is 1. The van der Waals surface area contributed by atoms with Gasteiger partial charge in [0.25, 0.3) is 0 Å². The number of halogens is 1. The third-order valence-corrected chi connectivity index (χ3v) is 3.14. The molecule has 108 valence electrons. The van der Waals surface area contributed by atoms with Crippen molar-refractivity contribution in [3.63, 3.8) is 0 Å². The summed E-state index contributed by atoms with van der Waals surface area (Å²) >= 11 is 0. The van der Waals surface area contributed by atoms with E-state index in [9.17, 15) is 4.39 Å². The molecule has 0 saturated carbocycles. The van der Waals surface area contributed by atoms with Gasteiger partial charge < -0.3 is 0 Å². The Morgan fingerprint density at radius 3 is 2.77 bits per heavy atom. The Hall–Kier alpha value is -3.01. The summed E-state index contributed by atoms with van der Waals surface area (Å²) in [5.74, 6) is -0.300. The van der Waals surface area contributed by atoms with Gasteiger partial charge in [0.2, 0.25) is 0 Å². The molecular weight excluding hydrogens is 277 g/mol. The number of rotatable bonds is 4. The van der Waals surface area contributed by atoms with Crippen molar-refractivity contribution in [2.45, 2.75) is 0 Å². The molecule has 0 unspecified atom stereocenters. The quantitative estimate of drug-likeness (QED) is 0.568. The van der Waals surface area contributed by atoms with E-state index in [0.29, 0.717) is 5.52 Å². The van der Waals surface area contributed by atoms with Crippen LogP contribution in [0.25, 0.3) is 17.0 Å². The van der Waals surface area contributed by atoms with E-state index in [1.807, 2.05) is 42.5 Å².